The van der Waals surface area contributed by atoms with E-state index in [9.17, 15) is 0 Å². The van der Waals surface area contributed by atoms with Crippen LogP contribution >= 0.6 is 22.9 Å². The maximum absolute atomic E-state index is 6.00. The maximum atomic E-state index is 6.00. The van der Waals surface area contributed by atoms with E-state index >= 15 is 0 Å². The Morgan fingerprint density at radius 2 is 2.25 bits per heavy atom. The van der Waals surface area contributed by atoms with Crippen molar-refractivity contribution in [2.45, 2.75) is 19.2 Å². The number of aromatic nitrogens is 2. The van der Waals surface area contributed by atoms with Crippen LogP contribution in [0.15, 0.2) is 11.7 Å². The zero-order chi connectivity index (χ0) is 11.7. The number of fused-ring (bicyclic) bond motifs is 1. The van der Waals surface area contributed by atoms with Gasteiger partial charge >= 0.3 is 0 Å². The molecule has 2 heterocycles. The van der Waals surface area contributed by atoms with E-state index in [2.05, 4.69) is 27.2 Å². The molecule has 1 atom stereocenters. The molecule has 1 unspecified atom stereocenters. The third kappa shape index (κ3) is 2.13. The minimum atomic E-state index is 0.107. The van der Waals surface area contributed by atoms with E-state index in [1.165, 1.54) is 5.56 Å². The second kappa shape index (κ2) is 4.55. The maximum Gasteiger partial charge on any atom is 0.149 e. The highest BCUT2D eigenvalue weighted by Crippen LogP contribution is 2.30. The van der Waals surface area contributed by atoms with Gasteiger partial charge in [-0.1, -0.05) is 0 Å². The molecule has 5 heteroatoms. The lowest BCUT2D eigenvalue weighted by atomic mass is 10.3. The monoisotopic (exact) mass is 255 g/mol. The molecule has 0 aliphatic rings. The summed E-state index contributed by atoms with van der Waals surface area (Å²) in [6, 6.07) is 0. The van der Waals surface area contributed by atoms with Crippen LogP contribution in [-0.2, 0) is 0 Å². The summed E-state index contributed by atoms with van der Waals surface area (Å²) in [6.45, 7) is 4.83. The smallest absolute Gasteiger partial charge is 0.149 e. The molecule has 0 spiro atoms. The molecule has 0 radical (unpaired) electrons. The molecule has 0 fully saturated rings. The third-order valence-electron chi connectivity index (χ3n) is 2.40. The van der Waals surface area contributed by atoms with E-state index < -0.39 is 0 Å². The highest BCUT2D eigenvalue weighted by molar-refractivity contribution is 7.18. The number of hydrogen-bond acceptors (Lipinski definition) is 4. The lowest BCUT2D eigenvalue weighted by Crippen LogP contribution is -2.25. The Morgan fingerprint density at radius 1 is 1.50 bits per heavy atom. The van der Waals surface area contributed by atoms with E-state index in [1.807, 2.05) is 14.0 Å². The van der Waals surface area contributed by atoms with Gasteiger partial charge in [-0.15, -0.1) is 22.9 Å². The van der Waals surface area contributed by atoms with Crippen molar-refractivity contribution in [2.24, 2.45) is 0 Å². The highest BCUT2D eigenvalue weighted by Gasteiger charge is 2.12. The van der Waals surface area contributed by atoms with Crippen molar-refractivity contribution in [2.75, 3.05) is 18.5 Å². The molecule has 2 rings (SSSR count). The molecule has 0 saturated heterocycles. The molecule has 0 N–H and O–H groups in total. The van der Waals surface area contributed by atoms with E-state index in [-0.39, 0.29) is 5.38 Å². The van der Waals surface area contributed by atoms with Crippen molar-refractivity contribution >= 4 is 39.0 Å². The van der Waals surface area contributed by atoms with Crippen LogP contribution in [0.5, 0.6) is 0 Å². The quantitative estimate of drug-likeness (QED) is 0.790. The molecule has 3 nitrogen and oxygen atoms in total. The minimum Gasteiger partial charge on any atom is -0.357 e. The summed E-state index contributed by atoms with van der Waals surface area (Å²) >= 11 is 7.68. The van der Waals surface area contributed by atoms with Crippen molar-refractivity contribution in [3.63, 3.8) is 0 Å². The number of aryl methyl sites for hydroxylation is 1. The molecule has 0 aliphatic carbocycles. The van der Waals surface area contributed by atoms with Crippen molar-refractivity contribution in [1.82, 2.24) is 9.97 Å². The number of nitrogens with zero attached hydrogens (tertiary/aromatic N) is 3. The Hall–Kier alpha value is -0.870. The number of hydrogen-bond donors (Lipinski definition) is 0. The van der Waals surface area contributed by atoms with Gasteiger partial charge in [0.2, 0.25) is 0 Å². The Morgan fingerprint density at radius 3 is 2.94 bits per heavy atom. The second-order valence-electron chi connectivity index (χ2n) is 3.96. The van der Waals surface area contributed by atoms with Crippen LogP contribution in [-0.4, -0.2) is 28.9 Å². The van der Waals surface area contributed by atoms with Crippen LogP contribution in [0.25, 0.3) is 10.2 Å². The molecule has 86 valence electrons. The van der Waals surface area contributed by atoms with E-state index in [0.29, 0.717) is 0 Å². The van der Waals surface area contributed by atoms with Gasteiger partial charge in [0.15, 0.2) is 0 Å². The van der Waals surface area contributed by atoms with Gasteiger partial charge in [-0.3, -0.25) is 0 Å². The number of halogens is 1. The average molecular weight is 256 g/mol. The number of anilines is 1. The van der Waals surface area contributed by atoms with Crippen LogP contribution < -0.4 is 4.90 Å². The SMILES string of the molecule is Cc1csc2c(N(C)CC(C)Cl)ncnc12. The molecule has 16 heavy (non-hydrogen) atoms. The molecule has 0 saturated carbocycles. The second-order valence-corrected chi connectivity index (χ2v) is 5.58. The third-order valence-corrected chi connectivity index (χ3v) is 3.62. The molecular formula is C11H14ClN3S. The predicted octanol–water partition coefficient (Wildman–Crippen LogP) is 3.06. The highest BCUT2D eigenvalue weighted by atomic mass is 35.5. The molecular weight excluding hydrogens is 242 g/mol. The molecule has 2 aromatic heterocycles. The average Bonchev–Trinajstić information content (AvgIpc) is 2.59. The van der Waals surface area contributed by atoms with E-state index in [4.69, 9.17) is 11.6 Å². The zero-order valence-corrected chi connectivity index (χ0v) is 11.1. The lowest BCUT2D eigenvalue weighted by molar-refractivity contribution is 0.847. The van der Waals surface area contributed by atoms with Gasteiger partial charge in [-0.05, 0) is 24.8 Å². The van der Waals surface area contributed by atoms with Gasteiger partial charge in [0, 0.05) is 19.0 Å². The summed E-state index contributed by atoms with van der Waals surface area (Å²) in [6.07, 6.45) is 1.62. The standard InChI is InChI=1S/C11H14ClN3S/c1-7-5-16-10-9(7)13-6-14-11(10)15(3)4-8(2)12/h5-6,8H,4H2,1-3H3. The summed E-state index contributed by atoms with van der Waals surface area (Å²) in [5.41, 5.74) is 2.25. The first-order valence-electron chi connectivity index (χ1n) is 5.13. The summed E-state index contributed by atoms with van der Waals surface area (Å²) < 4.78 is 1.14. The van der Waals surface area contributed by atoms with E-state index in [0.717, 1.165) is 22.6 Å². The van der Waals surface area contributed by atoms with Crippen LogP contribution in [0.4, 0.5) is 5.82 Å². The van der Waals surface area contributed by atoms with Gasteiger partial charge in [-0.2, -0.15) is 0 Å². The Labute approximate surface area is 104 Å². The van der Waals surface area contributed by atoms with Crippen molar-refractivity contribution in [3.05, 3.63) is 17.3 Å². The number of thiophene rings is 1. The van der Waals surface area contributed by atoms with Gasteiger partial charge in [0.25, 0.3) is 0 Å². The van der Waals surface area contributed by atoms with Gasteiger partial charge in [0.05, 0.1) is 10.2 Å². The first-order chi connectivity index (χ1) is 7.59. The first kappa shape index (κ1) is 11.6. The molecule has 0 aliphatic heterocycles. The molecule has 0 amide bonds. The molecule has 2 aromatic rings. The summed E-state index contributed by atoms with van der Waals surface area (Å²) in [5, 5.41) is 2.22. The van der Waals surface area contributed by atoms with Crippen LogP contribution in [0.1, 0.15) is 12.5 Å². The van der Waals surface area contributed by atoms with Crippen molar-refractivity contribution in [1.29, 1.82) is 0 Å². The van der Waals surface area contributed by atoms with Crippen molar-refractivity contribution < 1.29 is 0 Å². The normalized spacial score (nSPS) is 13.0. The Balaban J connectivity index is 2.44. The number of rotatable bonds is 3. The molecule has 0 bridgehead atoms. The minimum absolute atomic E-state index is 0.107. The van der Waals surface area contributed by atoms with E-state index in [1.54, 1.807) is 17.7 Å². The van der Waals surface area contributed by atoms with Crippen LogP contribution in [0.2, 0.25) is 0 Å². The Kier molecular flexibility index (Phi) is 3.30. The van der Waals surface area contributed by atoms with Crippen LogP contribution in [0.3, 0.4) is 0 Å². The topological polar surface area (TPSA) is 29.0 Å². The zero-order valence-electron chi connectivity index (χ0n) is 9.57. The fourth-order valence-corrected chi connectivity index (χ4v) is 2.95. The summed E-state index contributed by atoms with van der Waals surface area (Å²) in [5.74, 6) is 0.968. The van der Waals surface area contributed by atoms with Crippen LogP contribution in [0, 0.1) is 6.92 Å². The van der Waals surface area contributed by atoms with Gasteiger partial charge < -0.3 is 4.90 Å². The van der Waals surface area contributed by atoms with Crippen molar-refractivity contribution in [3.8, 4) is 0 Å². The van der Waals surface area contributed by atoms with Gasteiger partial charge in [-0.25, -0.2) is 9.97 Å². The fourth-order valence-electron chi connectivity index (χ4n) is 1.69. The Bertz CT molecular complexity index is 495. The first-order valence-corrected chi connectivity index (χ1v) is 6.45. The number of alkyl halides is 1. The fraction of sp³-hybridized carbons (Fsp3) is 0.455. The summed E-state index contributed by atoms with van der Waals surface area (Å²) in [7, 11) is 2.01. The summed E-state index contributed by atoms with van der Waals surface area (Å²) in [4.78, 5) is 10.7. The largest absolute Gasteiger partial charge is 0.357 e. The lowest BCUT2D eigenvalue weighted by Gasteiger charge is -2.19. The molecule has 0 aromatic carbocycles. The van der Waals surface area contributed by atoms with Gasteiger partial charge in [0.1, 0.15) is 12.1 Å². The predicted molar refractivity (Wildman–Crippen MR) is 70.7 cm³/mol.